The Kier molecular flexibility index (Phi) is 3.09. The lowest BCUT2D eigenvalue weighted by Gasteiger charge is -2.43. The van der Waals surface area contributed by atoms with Gasteiger partial charge in [-0.15, -0.1) is 0 Å². The molecule has 1 spiro atoms. The maximum Gasteiger partial charge on any atom is 0.0409 e. The molecule has 3 rings (SSSR count). The summed E-state index contributed by atoms with van der Waals surface area (Å²) in [4.78, 5) is 0. The van der Waals surface area contributed by atoms with Crippen LogP contribution in [0.2, 0.25) is 0 Å². The molecule has 0 aromatic heterocycles. The molecule has 18 heavy (non-hydrogen) atoms. The molecular weight excluding hydrogens is 218 g/mol. The number of rotatable bonds is 0. The summed E-state index contributed by atoms with van der Waals surface area (Å²) in [5.41, 5.74) is 4.79. The van der Waals surface area contributed by atoms with Crippen LogP contribution in [-0.2, 0) is 0 Å². The highest BCUT2D eigenvalue weighted by molar-refractivity contribution is 5.62. The fourth-order valence-corrected chi connectivity index (χ4v) is 4.02. The van der Waals surface area contributed by atoms with Crippen molar-refractivity contribution in [1.82, 2.24) is 0 Å². The Morgan fingerprint density at radius 2 is 1.83 bits per heavy atom. The van der Waals surface area contributed by atoms with E-state index in [4.69, 9.17) is 0 Å². The van der Waals surface area contributed by atoms with Crippen LogP contribution in [0.3, 0.4) is 0 Å². The molecule has 1 atom stereocenters. The van der Waals surface area contributed by atoms with Gasteiger partial charge in [-0.1, -0.05) is 50.8 Å². The van der Waals surface area contributed by atoms with Crippen LogP contribution < -0.4 is 5.32 Å². The molecule has 1 saturated carbocycles. The minimum atomic E-state index is 0.398. The Hall–Kier alpha value is -0.980. The molecule has 1 N–H and O–H groups in total. The molecule has 1 aromatic carbocycles. The van der Waals surface area contributed by atoms with Crippen molar-refractivity contribution in [2.75, 3.05) is 5.32 Å². The van der Waals surface area contributed by atoms with E-state index in [1.165, 1.54) is 61.8 Å². The number of benzene rings is 1. The molecule has 0 saturated heterocycles. The Labute approximate surface area is 111 Å². The molecule has 1 aliphatic carbocycles. The molecule has 1 fully saturated rings. The van der Waals surface area contributed by atoms with Crippen LogP contribution >= 0.6 is 0 Å². The fraction of sp³-hybridized carbons (Fsp3) is 0.647. The second-order valence-corrected chi connectivity index (χ2v) is 6.46. The summed E-state index contributed by atoms with van der Waals surface area (Å²) in [5, 5.41) is 3.95. The lowest BCUT2D eigenvalue weighted by Crippen LogP contribution is -2.42. The van der Waals surface area contributed by atoms with E-state index in [0.29, 0.717) is 11.5 Å². The standard InChI is InChI=1S/C17H25N/c1-13-8-7-9-15-14(2)12-17(18-16(13)15)10-5-3-4-6-11-17/h7-9,14,18H,3-6,10-12H2,1-2H3. The Morgan fingerprint density at radius 1 is 1.11 bits per heavy atom. The third-order valence-electron chi connectivity index (χ3n) is 4.98. The third kappa shape index (κ3) is 2.04. The Balaban J connectivity index is 1.96. The van der Waals surface area contributed by atoms with Crippen LogP contribution in [0, 0.1) is 6.92 Å². The van der Waals surface area contributed by atoms with Crippen LogP contribution in [0.4, 0.5) is 5.69 Å². The number of aryl methyl sites for hydroxylation is 1. The zero-order chi connectivity index (χ0) is 12.6. The molecule has 1 unspecified atom stereocenters. The van der Waals surface area contributed by atoms with Crippen LogP contribution in [-0.4, -0.2) is 5.54 Å². The molecule has 1 heteroatoms. The molecule has 0 amide bonds. The fourth-order valence-electron chi connectivity index (χ4n) is 4.02. The van der Waals surface area contributed by atoms with Crippen molar-refractivity contribution in [2.45, 2.75) is 70.3 Å². The molecule has 1 aromatic rings. The van der Waals surface area contributed by atoms with E-state index in [9.17, 15) is 0 Å². The van der Waals surface area contributed by atoms with E-state index in [0.717, 1.165) is 0 Å². The highest BCUT2D eigenvalue weighted by Gasteiger charge is 2.37. The maximum absolute atomic E-state index is 3.95. The van der Waals surface area contributed by atoms with Gasteiger partial charge in [-0.25, -0.2) is 0 Å². The summed E-state index contributed by atoms with van der Waals surface area (Å²) in [6.07, 6.45) is 9.72. The molecule has 98 valence electrons. The van der Waals surface area contributed by atoms with Gasteiger partial charge in [0.05, 0.1) is 0 Å². The smallest absolute Gasteiger partial charge is 0.0409 e. The maximum atomic E-state index is 3.95. The van der Waals surface area contributed by atoms with E-state index < -0.39 is 0 Å². The topological polar surface area (TPSA) is 12.0 Å². The van der Waals surface area contributed by atoms with Crippen molar-refractivity contribution in [3.63, 3.8) is 0 Å². The SMILES string of the molecule is Cc1cccc2c1NC1(CCCCCC1)CC2C. The van der Waals surface area contributed by atoms with Crippen LogP contribution in [0.25, 0.3) is 0 Å². The quantitative estimate of drug-likeness (QED) is 0.675. The molecule has 1 nitrogen and oxygen atoms in total. The molecule has 0 bridgehead atoms. The van der Waals surface area contributed by atoms with Gasteiger partial charge in [-0.2, -0.15) is 0 Å². The normalized spacial score (nSPS) is 26.2. The first-order valence-electron chi connectivity index (χ1n) is 7.58. The predicted octanol–water partition coefficient (Wildman–Crippen LogP) is 5.01. The van der Waals surface area contributed by atoms with Gasteiger partial charge in [0.25, 0.3) is 0 Å². The molecule has 1 aliphatic heterocycles. The van der Waals surface area contributed by atoms with Gasteiger partial charge >= 0.3 is 0 Å². The summed E-state index contributed by atoms with van der Waals surface area (Å²) in [6.45, 7) is 4.65. The van der Waals surface area contributed by atoms with Gasteiger partial charge in [-0.05, 0) is 43.2 Å². The summed E-state index contributed by atoms with van der Waals surface area (Å²) in [6, 6.07) is 6.76. The number of para-hydroxylation sites is 1. The number of fused-ring (bicyclic) bond motifs is 1. The molecule has 0 radical (unpaired) electrons. The monoisotopic (exact) mass is 243 g/mol. The molecule has 2 aliphatic rings. The predicted molar refractivity (Wildman–Crippen MR) is 78.3 cm³/mol. The summed E-state index contributed by atoms with van der Waals surface area (Å²) < 4.78 is 0. The minimum Gasteiger partial charge on any atom is -0.379 e. The summed E-state index contributed by atoms with van der Waals surface area (Å²) in [5.74, 6) is 0.708. The van der Waals surface area contributed by atoms with Gasteiger partial charge in [-0.3, -0.25) is 0 Å². The van der Waals surface area contributed by atoms with Gasteiger partial charge in [0.1, 0.15) is 0 Å². The molecular formula is C17H25N. The summed E-state index contributed by atoms with van der Waals surface area (Å²) in [7, 11) is 0. The first-order valence-corrected chi connectivity index (χ1v) is 7.58. The third-order valence-corrected chi connectivity index (χ3v) is 4.98. The zero-order valence-electron chi connectivity index (χ0n) is 11.8. The highest BCUT2D eigenvalue weighted by Crippen LogP contribution is 2.45. The van der Waals surface area contributed by atoms with Gasteiger partial charge in [0.2, 0.25) is 0 Å². The number of hydrogen-bond donors (Lipinski definition) is 1. The summed E-state index contributed by atoms with van der Waals surface area (Å²) >= 11 is 0. The Bertz CT molecular complexity index is 427. The lowest BCUT2D eigenvalue weighted by atomic mass is 9.75. The van der Waals surface area contributed by atoms with E-state index >= 15 is 0 Å². The number of hydrogen-bond acceptors (Lipinski definition) is 1. The highest BCUT2D eigenvalue weighted by atomic mass is 15.0. The van der Waals surface area contributed by atoms with E-state index in [2.05, 4.69) is 37.4 Å². The van der Waals surface area contributed by atoms with Gasteiger partial charge in [0, 0.05) is 11.2 Å². The average Bonchev–Trinajstić information content (AvgIpc) is 2.57. The van der Waals surface area contributed by atoms with Crippen molar-refractivity contribution < 1.29 is 0 Å². The van der Waals surface area contributed by atoms with Crippen molar-refractivity contribution >= 4 is 5.69 Å². The van der Waals surface area contributed by atoms with Gasteiger partial charge in [0.15, 0.2) is 0 Å². The van der Waals surface area contributed by atoms with E-state index in [1.54, 1.807) is 0 Å². The van der Waals surface area contributed by atoms with Crippen molar-refractivity contribution in [3.05, 3.63) is 29.3 Å². The second kappa shape index (κ2) is 4.60. The number of anilines is 1. The van der Waals surface area contributed by atoms with Crippen molar-refractivity contribution in [2.24, 2.45) is 0 Å². The Morgan fingerprint density at radius 3 is 2.56 bits per heavy atom. The van der Waals surface area contributed by atoms with Crippen molar-refractivity contribution in [1.29, 1.82) is 0 Å². The van der Waals surface area contributed by atoms with Crippen LogP contribution in [0.15, 0.2) is 18.2 Å². The largest absolute Gasteiger partial charge is 0.379 e. The first kappa shape index (κ1) is 12.1. The zero-order valence-corrected chi connectivity index (χ0v) is 11.8. The minimum absolute atomic E-state index is 0.398. The first-order chi connectivity index (χ1) is 8.70. The lowest BCUT2D eigenvalue weighted by molar-refractivity contribution is 0.344. The van der Waals surface area contributed by atoms with Crippen LogP contribution in [0.5, 0.6) is 0 Å². The second-order valence-electron chi connectivity index (χ2n) is 6.46. The average molecular weight is 243 g/mol. The number of nitrogens with one attached hydrogen (secondary N) is 1. The van der Waals surface area contributed by atoms with Gasteiger partial charge < -0.3 is 5.32 Å². The van der Waals surface area contributed by atoms with E-state index in [1.807, 2.05) is 0 Å². The van der Waals surface area contributed by atoms with Crippen LogP contribution in [0.1, 0.15) is 68.9 Å². The van der Waals surface area contributed by atoms with E-state index in [-0.39, 0.29) is 0 Å². The van der Waals surface area contributed by atoms with Crippen molar-refractivity contribution in [3.8, 4) is 0 Å². The molecule has 1 heterocycles.